The summed E-state index contributed by atoms with van der Waals surface area (Å²) in [6.45, 7) is 7.01. The van der Waals surface area contributed by atoms with Gasteiger partial charge in [-0.1, -0.05) is 5.57 Å². The molecule has 0 unspecified atom stereocenters. The third-order valence-electron chi connectivity index (χ3n) is 6.80. The van der Waals surface area contributed by atoms with Gasteiger partial charge in [0, 0.05) is 50.8 Å². The first-order valence-electron chi connectivity index (χ1n) is 13.4. The van der Waals surface area contributed by atoms with Gasteiger partial charge in [0.2, 0.25) is 11.8 Å². The fraction of sp³-hybridized carbons (Fsp3) is 0.571. The Morgan fingerprint density at radius 2 is 1.98 bits per heavy atom. The van der Waals surface area contributed by atoms with Gasteiger partial charge in [0.15, 0.2) is 11.5 Å². The number of hydrogen-bond acceptors (Lipinski definition) is 9. The van der Waals surface area contributed by atoms with E-state index in [4.69, 9.17) is 14.2 Å². The maximum absolute atomic E-state index is 13.5. The lowest BCUT2D eigenvalue weighted by molar-refractivity contribution is -0.134. The summed E-state index contributed by atoms with van der Waals surface area (Å²) in [4.78, 5) is 30.3. The minimum Gasteiger partial charge on any atom is -0.493 e. The predicted octanol–water partition coefficient (Wildman–Crippen LogP) is 0.835. The molecule has 2 amide bonds. The number of methoxy groups -OCH3 is 1. The van der Waals surface area contributed by atoms with Crippen LogP contribution in [0.3, 0.4) is 0 Å². The molecule has 222 valence electrons. The van der Waals surface area contributed by atoms with E-state index in [0.29, 0.717) is 52.5 Å². The number of morpholine rings is 1. The number of aliphatic hydroxyl groups is 3. The number of ether oxygens (including phenoxy) is 3. The minimum absolute atomic E-state index is 0.0701. The normalized spacial score (nSPS) is 21.3. The lowest BCUT2D eigenvalue weighted by atomic mass is 9.88. The monoisotopic (exact) mass is 673 g/mol. The molecular formula is C28H40IN3O8. The first-order chi connectivity index (χ1) is 19.2. The fourth-order valence-electron chi connectivity index (χ4n) is 4.74. The Morgan fingerprint density at radius 3 is 2.60 bits per heavy atom. The van der Waals surface area contributed by atoms with Gasteiger partial charge in [-0.25, -0.2) is 0 Å². The molecule has 3 atom stereocenters. The van der Waals surface area contributed by atoms with Crippen molar-refractivity contribution in [3.8, 4) is 11.5 Å². The van der Waals surface area contributed by atoms with Crippen LogP contribution in [-0.4, -0.2) is 115 Å². The average Bonchev–Trinajstić information content (AvgIpc) is 2.94. The summed E-state index contributed by atoms with van der Waals surface area (Å²) in [5.74, 6) is 0.0637. The van der Waals surface area contributed by atoms with Crippen LogP contribution in [-0.2, 0) is 20.9 Å². The van der Waals surface area contributed by atoms with Crippen LogP contribution in [0.4, 0.5) is 0 Å². The number of carbonyl (C=O) groups is 2. The van der Waals surface area contributed by atoms with Crippen LogP contribution in [0.1, 0.15) is 25.8 Å². The quantitative estimate of drug-likeness (QED) is 0.188. The van der Waals surface area contributed by atoms with Crippen molar-refractivity contribution in [2.75, 3.05) is 59.7 Å². The number of amides is 2. The van der Waals surface area contributed by atoms with Crippen LogP contribution in [0.2, 0.25) is 0 Å². The van der Waals surface area contributed by atoms with Crippen molar-refractivity contribution in [2.24, 2.45) is 0 Å². The molecular weight excluding hydrogens is 633 g/mol. The van der Waals surface area contributed by atoms with E-state index in [1.807, 2.05) is 13.8 Å². The van der Waals surface area contributed by atoms with Gasteiger partial charge in [-0.3, -0.25) is 14.5 Å². The second-order valence-electron chi connectivity index (χ2n) is 9.99. The largest absolute Gasteiger partial charge is 0.493 e. The summed E-state index contributed by atoms with van der Waals surface area (Å²) in [6.07, 6.45) is 1.06. The third kappa shape index (κ3) is 8.63. The number of hydrogen-bond donors (Lipinski definition) is 4. The summed E-state index contributed by atoms with van der Waals surface area (Å²) in [5.41, 5.74) is 1.80. The molecule has 3 rings (SSSR count). The summed E-state index contributed by atoms with van der Waals surface area (Å²) < 4.78 is 17.9. The van der Waals surface area contributed by atoms with Gasteiger partial charge in [0.1, 0.15) is 12.2 Å². The second kappa shape index (κ2) is 15.7. The number of nitrogens with one attached hydrogen (secondary N) is 1. The Balaban J connectivity index is 1.97. The van der Waals surface area contributed by atoms with Gasteiger partial charge in [-0.2, -0.15) is 0 Å². The van der Waals surface area contributed by atoms with Gasteiger partial charge in [-0.15, -0.1) is 0 Å². The second-order valence-corrected chi connectivity index (χ2v) is 11.2. The average molecular weight is 674 g/mol. The summed E-state index contributed by atoms with van der Waals surface area (Å²) >= 11 is 2.07. The fourth-order valence-corrected chi connectivity index (χ4v) is 5.53. The smallest absolute Gasteiger partial charge is 0.247 e. The highest BCUT2D eigenvalue weighted by molar-refractivity contribution is 14.1. The lowest BCUT2D eigenvalue weighted by Gasteiger charge is -2.41. The molecule has 11 nitrogen and oxygen atoms in total. The highest BCUT2D eigenvalue weighted by Gasteiger charge is 2.40. The molecule has 1 saturated heterocycles. The number of halogens is 1. The third-order valence-corrected chi connectivity index (χ3v) is 7.60. The van der Waals surface area contributed by atoms with E-state index in [1.165, 1.54) is 13.2 Å². The molecule has 2 aliphatic rings. The van der Waals surface area contributed by atoms with Gasteiger partial charge < -0.3 is 39.7 Å². The number of nitrogens with zero attached hydrogens (tertiary/aromatic N) is 2. The molecule has 0 radical (unpaired) electrons. The molecule has 1 aliphatic heterocycles. The van der Waals surface area contributed by atoms with Crippen LogP contribution in [0, 0.1) is 3.57 Å². The molecule has 0 bridgehead atoms. The number of carbonyl (C=O) groups excluding carboxylic acids is 2. The minimum atomic E-state index is -1.16. The van der Waals surface area contributed by atoms with Crippen LogP contribution < -0.4 is 14.8 Å². The number of rotatable bonds is 12. The zero-order valence-electron chi connectivity index (χ0n) is 23.3. The van der Waals surface area contributed by atoms with Crippen molar-refractivity contribution in [3.05, 3.63) is 44.6 Å². The summed E-state index contributed by atoms with van der Waals surface area (Å²) in [5, 5.41) is 33.1. The molecule has 12 heteroatoms. The van der Waals surface area contributed by atoms with Crippen LogP contribution in [0.15, 0.2) is 35.4 Å². The summed E-state index contributed by atoms with van der Waals surface area (Å²) in [6, 6.07) is 2.64. The molecule has 4 N–H and O–H groups in total. The zero-order valence-corrected chi connectivity index (χ0v) is 25.4. The maximum Gasteiger partial charge on any atom is 0.247 e. The Bertz CT molecular complexity index is 1090. The molecule has 0 spiro atoms. The standard InChI is InChI=1S/C28H40IN3O8/c1-18(2)12-25(35)32(6-5-31-7-10-39-11-8-31)22-15-20(28(37)30-4-9-33)16-23(26(22)36)40-27-21(29)13-19(17-34)14-24(27)38-3/h12-14,16,22-23,26,33-34,36H,4-11,15,17H2,1-3H3,(H,30,37)/t22-,23+,26+/m1/s1. The highest BCUT2D eigenvalue weighted by atomic mass is 127. The Labute approximate surface area is 248 Å². The van der Waals surface area contributed by atoms with Crippen molar-refractivity contribution >= 4 is 34.4 Å². The van der Waals surface area contributed by atoms with Crippen molar-refractivity contribution in [3.63, 3.8) is 0 Å². The Kier molecular flexibility index (Phi) is 12.7. The van der Waals surface area contributed by atoms with Crippen molar-refractivity contribution in [1.29, 1.82) is 0 Å². The van der Waals surface area contributed by atoms with Gasteiger partial charge in [0.05, 0.1) is 43.1 Å². The lowest BCUT2D eigenvalue weighted by Crippen LogP contribution is -2.56. The first-order valence-corrected chi connectivity index (χ1v) is 14.4. The molecule has 0 saturated carbocycles. The van der Waals surface area contributed by atoms with Gasteiger partial charge in [0.25, 0.3) is 0 Å². The molecule has 1 aliphatic carbocycles. The maximum atomic E-state index is 13.5. The number of benzene rings is 1. The van der Waals surface area contributed by atoms with E-state index in [-0.39, 0.29) is 32.1 Å². The number of aliphatic hydroxyl groups excluding tert-OH is 3. The zero-order chi connectivity index (χ0) is 29.2. The van der Waals surface area contributed by atoms with E-state index in [2.05, 4.69) is 32.8 Å². The highest BCUT2D eigenvalue weighted by Crippen LogP contribution is 2.37. The van der Waals surface area contributed by atoms with E-state index in [0.717, 1.165) is 18.7 Å². The van der Waals surface area contributed by atoms with E-state index < -0.39 is 24.2 Å². The van der Waals surface area contributed by atoms with Gasteiger partial charge in [-0.05, 0) is 60.2 Å². The SMILES string of the molecule is COc1cc(CO)cc(I)c1O[C@H]1C=C(C(=O)NCCO)C[C@@H](N(CCN2CCOCC2)C(=O)C=C(C)C)[C@@H]1O. The molecule has 1 fully saturated rings. The Morgan fingerprint density at radius 1 is 1.25 bits per heavy atom. The van der Waals surface area contributed by atoms with E-state index >= 15 is 0 Å². The first kappa shape index (κ1) is 32.3. The van der Waals surface area contributed by atoms with Crippen molar-refractivity contribution in [2.45, 2.75) is 45.1 Å². The molecule has 1 aromatic carbocycles. The van der Waals surface area contributed by atoms with Crippen LogP contribution >= 0.6 is 22.6 Å². The molecule has 40 heavy (non-hydrogen) atoms. The predicted molar refractivity (Wildman–Crippen MR) is 157 cm³/mol. The van der Waals surface area contributed by atoms with E-state index in [9.17, 15) is 24.9 Å². The number of allylic oxidation sites excluding steroid dienone is 1. The Hall–Kier alpha value is -2.23. The topological polar surface area (TPSA) is 141 Å². The molecule has 0 aromatic heterocycles. The van der Waals surface area contributed by atoms with E-state index in [1.54, 1.807) is 23.1 Å². The molecule has 1 aromatic rings. The van der Waals surface area contributed by atoms with Crippen molar-refractivity contribution < 1.29 is 39.1 Å². The van der Waals surface area contributed by atoms with Crippen LogP contribution in [0.25, 0.3) is 0 Å². The summed E-state index contributed by atoms with van der Waals surface area (Å²) in [7, 11) is 1.48. The van der Waals surface area contributed by atoms with Crippen LogP contribution in [0.5, 0.6) is 11.5 Å². The van der Waals surface area contributed by atoms with Crippen molar-refractivity contribution in [1.82, 2.24) is 15.1 Å². The molecule has 1 heterocycles. The van der Waals surface area contributed by atoms with Gasteiger partial charge >= 0.3 is 0 Å².